The van der Waals surface area contributed by atoms with E-state index in [0.717, 1.165) is 37.0 Å². The average molecular weight is 573 g/mol. The van der Waals surface area contributed by atoms with E-state index in [0.29, 0.717) is 11.7 Å². The maximum atomic E-state index is 12.6. The number of hydrogen-bond acceptors (Lipinski definition) is 5. The SMILES string of the molecule is CCC(C)(C)C(=O)OC.CCC(C)(C)C(=O)OC(C)(C)C12CC3CC(CC(C3)C1)C2.CCC(C)c1ccc(O)cc1. The number of hydrogen-bond donors (Lipinski definition) is 1. The van der Waals surface area contributed by atoms with Crippen molar-refractivity contribution in [2.45, 2.75) is 139 Å². The summed E-state index contributed by atoms with van der Waals surface area (Å²) < 4.78 is 10.7. The van der Waals surface area contributed by atoms with Crippen molar-refractivity contribution in [2.75, 3.05) is 7.11 Å². The summed E-state index contributed by atoms with van der Waals surface area (Å²) in [5.74, 6) is 3.48. The number of aromatic hydroxyl groups is 1. The van der Waals surface area contributed by atoms with Gasteiger partial charge in [-0.15, -0.1) is 0 Å². The highest BCUT2D eigenvalue weighted by molar-refractivity contribution is 5.76. The Bertz CT molecular complexity index is 952. The van der Waals surface area contributed by atoms with E-state index in [1.807, 2.05) is 46.8 Å². The van der Waals surface area contributed by atoms with Crippen molar-refractivity contribution in [3.63, 3.8) is 0 Å². The van der Waals surface area contributed by atoms with Gasteiger partial charge in [0, 0.05) is 5.41 Å². The first-order valence-corrected chi connectivity index (χ1v) is 16.1. The van der Waals surface area contributed by atoms with Gasteiger partial charge in [-0.25, -0.2) is 0 Å². The van der Waals surface area contributed by atoms with E-state index in [1.165, 1.54) is 51.2 Å². The molecule has 1 aromatic carbocycles. The van der Waals surface area contributed by atoms with Crippen LogP contribution in [0.4, 0.5) is 0 Å². The molecule has 1 aromatic rings. The summed E-state index contributed by atoms with van der Waals surface area (Å²) in [5.41, 5.74) is 0.563. The van der Waals surface area contributed by atoms with E-state index in [9.17, 15) is 9.59 Å². The van der Waals surface area contributed by atoms with Crippen LogP contribution in [0.3, 0.4) is 0 Å². The quantitative estimate of drug-likeness (QED) is 0.314. The molecule has 1 N–H and O–H groups in total. The maximum Gasteiger partial charge on any atom is 0.312 e. The molecule has 0 spiro atoms. The molecule has 4 saturated carbocycles. The van der Waals surface area contributed by atoms with Crippen molar-refractivity contribution in [3.8, 4) is 5.75 Å². The molecule has 4 aliphatic rings. The highest BCUT2D eigenvalue weighted by Gasteiger charge is 2.59. The van der Waals surface area contributed by atoms with Crippen LogP contribution in [0.2, 0.25) is 0 Å². The molecule has 0 heterocycles. The van der Waals surface area contributed by atoms with Gasteiger partial charge in [0.15, 0.2) is 0 Å². The maximum absolute atomic E-state index is 12.6. The van der Waals surface area contributed by atoms with Gasteiger partial charge in [0.2, 0.25) is 0 Å². The van der Waals surface area contributed by atoms with Crippen molar-refractivity contribution in [1.82, 2.24) is 0 Å². The minimum Gasteiger partial charge on any atom is -0.508 e. The van der Waals surface area contributed by atoms with Gasteiger partial charge in [-0.05, 0) is 141 Å². The summed E-state index contributed by atoms with van der Waals surface area (Å²) in [5, 5.41) is 9.01. The first-order valence-electron chi connectivity index (χ1n) is 16.1. The molecule has 0 aliphatic heterocycles. The fraction of sp³-hybridized carbons (Fsp3) is 0.778. The minimum absolute atomic E-state index is 0.00857. The molecule has 4 aliphatic carbocycles. The van der Waals surface area contributed by atoms with E-state index in [2.05, 4.69) is 39.4 Å². The van der Waals surface area contributed by atoms with Crippen LogP contribution in [0, 0.1) is 34.0 Å². The zero-order valence-electron chi connectivity index (χ0n) is 28.1. The number of esters is 2. The molecule has 0 amide bonds. The van der Waals surface area contributed by atoms with Crippen LogP contribution in [0.5, 0.6) is 5.75 Å². The topological polar surface area (TPSA) is 72.8 Å². The lowest BCUT2D eigenvalue weighted by molar-refractivity contribution is -0.206. The van der Waals surface area contributed by atoms with Gasteiger partial charge in [-0.3, -0.25) is 9.59 Å². The molecule has 0 saturated heterocycles. The molecule has 0 radical (unpaired) electrons. The second kappa shape index (κ2) is 14.0. The van der Waals surface area contributed by atoms with Crippen LogP contribution in [0.25, 0.3) is 0 Å². The molecule has 0 aromatic heterocycles. The van der Waals surface area contributed by atoms with E-state index in [1.54, 1.807) is 12.1 Å². The molecule has 4 fully saturated rings. The van der Waals surface area contributed by atoms with E-state index in [-0.39, 0.29) is 33.8 Å². The lowest BCUT2D eigenvalue weighted by Crippen LogP contribution is -2.58. The molecule has 5 rings (SSSR count). The number of rotatable bonds is 8. The largest absolute Gasteiger partial charge is 0.508 e. The van der Waals surface area contributed by atoms with Crippen LogP contribution < -0.4 is 0 Å². The smallest absolute Gasteiger partial charge is 0.312 e. The van der Waals surface area contributed by atoms with E-state index < -0.39 is 0 Å². The molecule has 1 atom stereocenters. The highest BCUT2D eigenvalue weighted by atomic mass is 16.6. The van der Waals surface area contributed by atoms with Crippen LogP contribution >= 0.6 is 0 Å². The fourth-order valence-corrected chi connectivity index (χ4v) is 6.93. The van der Waals surface area contributed by atoms with Gasteiger partial charge in [0.05, 0.1) is 17.9 Å². The number of phenolic OH excluding ortho intramolecular Hbond substituents is 1. The molecule has 1 unspecified atom stereocenters. The Labute approximate surface area is 251 Å². The van der Waals surface area contributed by atoms with Crippen molar-refractivity contribution in [1.29, 1.82) is 0 Å². The molecule has 234 valence electrons. The van der Waals surface area contributed by atoms with Gasteiger partial charge in [-0.2, -0.15) is 0 Å². The normalized spacial score (nSPS) is 25.7. The molecule has 5 heteroatoms. The monoisotopic (exact) mass is 572 g/mol. The standard InChI is InChI=1S/C19H32O2.C10H14O.C7H14O2/c1-6-17(2,3)16(20)21-18(4,5)19-10-13-7-14(11-19)9-15(8-13)12-19;1-3-8(2)9-4-6-10(11)7-5-9;1-5-7(2,3)6(8)9-4/h13-15H,6-12H2,1-5H3;4-8,11H,3H2,1-2H3;5H2,1-4H3. The first kappa shape index (κ1) is 35.2. The number of benzene rings is 1. The third kappa shape index (κ3) is 8.74. The summed E-state index contributed by atoms with van der Waals surface area (Å²) >= 11 is 0. The summed E-state index contributed by atoms with van der Waals surface area (Å²) in [6.45, 7) is 20.5. The number of carbonyl (C=O) groups is 2. The van der Waals surface area contributed by atoms with E-state index in [4.69, 9.17) is 9.84 Å². The van der Waals surface area contributed by atoms with Crippen molar-refractivity contribution < 1.29 is 24.2 Å². The Hall–Kier alpha value is -2.04. The van der Waals surface area contributed by atoms with Gasteiger partial charge in [-0.1, -0.05) is 39.8 Å². The number of carbonyl (C=O) groups excluding carboxylic acids is 2. The van der Waals surface area contributed by atoms with Gasteiger partial charge in [0.25, 0.3) is 0 Å². The molecule has 4 bridgehead atoms. The lowest BCUT2D eigenvalue weighted by atomic mass is 9.46. The average Bonchev–Trinajstić information content (AvgIpc) is 2.92. The van der Waals surface area contributed by atoms with Crippen LogP contribution in [0.1, 0.15) is 139 Å². The van der Waals surface area contributed by atoms with Gasteiger partial charge in [0.1, 0.15) is 11.4 Å². The molecule has 41 heavy (non-hydrogen) atoms. The third-order valence-corrected chi connectivity index (χ3v) is 10.8. The highest BCUT2D eigenvalue weighted by Crippen LogP contribution is 2.64. The Kier molecular flexibility index (Phi) is 12.0. The first-order chi connectivity index (χ1) is 19.0. The zero-order valence-corrected chi connectivity index (χ0v) is 28.1. The number of ether oxygens (including phenoxy) is 2. The Morgan fingerprint density at radius 2 is 1.24 bits per heavy atom. The number of phenols is 1. The molecular formula is C36H60O5. The van der Waals surface area contributed by atoms with Crippen molar-refractivity contribution >= 4 is 11.9 Å². The predicted molar refractivity (Wildman–Crippen MR) is 168 cm³/mol. The summed E-state index contributed by atoms with van der Waals surface area (Å²) in [4.78, 5) is 23.4. The Morgan fingerprint density at radius 3 is 1.59 bits per heavy atom. The van der Waals surface area contributed by atoms with Gasteiger partial charge >= 0.3 is 11.9 Å². The second-order valence-corrected chi connectivity index (χ2v) is 15.0. The zero-order chi connectivity index (χ0) is 31.2. The van der Waals surface area contributed by atoms with Crippen LogP contribution in [-0.4, -0.2) is 29.8 Å². The summed E-state index contributed by atoms with van der Waals surface area (Å²) in [6.07, 6.45) is 11.0. The van der Waals surface area contributed by atoms with E-state index >= 15 is 0 Å². The number of methoxy groups -OCH3 is 1. The van der Waals surface area contributed by atoms with Crippen LogP contribution in [-0.2, 0) is 19.1 Å². The Morgan fingerprint density at radius 1 is 0.829 bits per heavy atom. The van der Waals surface area contributed by atoms with Gasteiger partial charge < -0.3 is 14.6 Å². The minimum atomic E-state index is -0.362. The predicted octanol–water partition coefficient (Wildman–Crippen LogP) is 9.46. The van der Waals surface area contributed by atoms with Crippen molar-refractivity contribution in [3.05, 3.63) is 29.8 Å². The molecular weight excluding hydrogens is 512 g/mol. The summed E-state index contributed by atoms with van der Waals surface area (Å²) in [6, 6.07) is 7.43. The Balaban J connectivity index is 0.000000247. The summed E-state index contributed by atoms with van der Waals surface area (Å²) in [7, 11) is 1.42. The lowest BCUT2D eigenvalue weighted by Gasteiger charge is -2.61. The van der Waals surface area contributed by atoms with Crippen LogP contribution in [0.15, 0.2) is 24.3 Å². The second-order valence-electron chi connectivity index (χ2n) is 15.0. The molecule has 5 nitrogen and oxygen atoms in total. The third-order valence-electron chi connectivity index (χ3n) is 10.8. The fourth-order valence-electron chi connectivity index (χ4n) is 6.93. The van der Waals surface area contributed by atoms with Crippen molar-refractivity contribution in [2.24, 2.45) is 34.0 Å².